The van der Waals surface area contributed by atoms with Crippen LogP contribution in [0.25, 0.3) is 0 Å². The maximum Gasteiger partial charge on any atom is 0.410 e. The minimum atomic E-state index is -0.452. The number of carbonyl (C=O) groups excluding carboxylic acids is 1. The van der Waals surface area contributed by atoms with Crippen LogP contribution in [0.2, 0.25) is 0 Å². The van der Waals surface area contributed by atoms with Crippen LogP contribution in [0.3, 0.4) is 0 Å². The molecule has 1 aromatic carbocycles. The molecule has 0 radical (unpaired) electrons. The van der Waals surface area contributed by atoms with E-state index in [0.29, 0.717) is 5.69 Å². The van der Waals surface area contributed by atoms with Crippen LogP contribution >= 0.6 is 15.9 Å². The Morgan fingerprint density at radius 2 is 1.69 bits per heavy atom. The zero-order valence-corrected chi connectivity index (χ0v) is 17.4. The highest BCUT2D eigenvalue weighted by molar-refractivity contribution is 9.10. The number of amides is 1. The Hall–Kier alpha value is -1.30. The van der Waals surface area contributed by atoms with Gasteiger partial charge in [-0.25, -0.2) is 9.18 Å². The van der Waals surface area contributed by atoms with Crippen LogP contribution in [-0.2, 0) is 4.74 Å². The van der Waals surface area contributed by atoms with Gasteiger partial charge < -0.3 is 14.5 Å². The highest BCUT2D eigenvalue weighted by atomic mass is 79.9. The Morgan fingerprint density at radius 3 is 2.23 bits per heavy atom. The molecule has 2 saturated heterocycles. The topological polar surface area (TPSA) is 32.8 Å². The summed E-state index contributed by atoms with van der Waals surface area (Å²) in [6.45, 7) is 8.92. The lowest BCUT2D eigenvalue weighted by Crippen LogP contribution is -2.49. The van der Waals surface area contributed by atoms with Crippen LogP contribution in [0.5, 0.6) is 0 Å². The Kier molecular flexibility index (Phi) is 5.52. The molecule has 2 aliphatic heterocycles. The van der Waals surface area contributed by atoms with Crippen LogP contribution < -0.4 is 4.90 Å². The summed E-state index contributed by atoms with van der Waals surface area (Å²) < 4.78 is 20.5. The standard InChI is InChI=1S/C20H28BrFN2O2/c1-19(2,3)26-18(25)24-12-8-20(9-13-24)6-10-23(11-7-20)17-5-4-15(21)14-16(17)22/h4-5,14H,6-13H2,1-3H3. The minimum absolute atomic E-state index is 0.171. The lowest BCUT2D eigenvalue weighted by molar-refractivity contribution is 0.00664. The van der Waals surface area contributed by atoms with Crippen LogP contribution in [0, 0.1) is 11.2 Å². The van der Waals surface area contributed by atoms with Gasteiger partial charge in [0.2, 0.25) is 0 Å². The molecule has 0 saturated carbocycles. The number of carbonyl (C=O) groups is 1. The summed E-state index contributed by atoms with van der Waals surface area (Å²) in [7, 11) is 0. The Labute approximate surface area is 163 Å². The molecule has 144 valence electrons. The summed E-state index contributed by atoms with van der Waals surface area (Å²) in [6, 6.07) is 5.27. The zero-order valence-electron chi connectivity index (χ0n) is 15.9. The summed E-state index contributed by atoms with van der Waals surface area (Å²) in [6.07, 6.45) is 3.89. The number of hydrogen-bond donors (Lipinski definition) is 0. The van der Waals surface area contributed by atoms with Crippen LogP contribution in [0.4, 0.5) is 14.9 Å². The molecule has 2 heterocycles. The van der Waals surface area contributed by atoms with E-state index in [2.05, 4.69) is 20.8 Å². The largest absolute Gasteiger partial charge is 0.444 e. The van der Waals surface area contributed by atoms with Gasteiger partial charge in [-0.3, -0.25) is 0 Å². The van der Waals surface area contributed by atoms with Crippen LogP contribution in [0.1, 0.15) is 46.5 Å². The molecule has 26 heavy (non-hydrogen) atoms. The maximum atomic E-state index is 14.2. The van der Waals surface area contributed by atoms with E-state index in [9.17, 15) is 9.18 Å². The predicted molar refractivity (Wildman–Crippen MR) is 105 cm³/mol. The molecule has 1 amide bonds. The number of hydrogen-bond acceptors (Lipinski definition) is 3. The molecule has 0 aliphatic carbocycles. The van der Waals surface area contributed by atoms with Gasteiger partial charge >= 0.3 is 6.09 Å². The first-order valence-electron chi connectivity index (χ1n) is 9.35. The van der Waals surface area contributed by atoms with Crippen molar-refractivity contribution in [3.63, 3.8) is 0 Å². The summed E-state index contributed by atoms with van der Waals surface area (Å²) >= 11 is 3.31. The fraction of sp³-hybridized carbons (Fsp3) is 0.650. The summed E-state index contributed by atoms with van der Waals surface area (Å²) in [5.41, 5.74) is 0.516. The number of ether oxygens (including phenoxy) is 1. The Balaban J connectivity index is 1.54. The average Bonchev–Trinajstić information content (AvgIpc) is 2.55. The van der Waals surface area contributed by atoms with E-state index in [1.54, 1.807) is 0 Å². The number of rotatable bonds is 1. The Morgan fingerprint density at radius 1 is 1.12 bits per heavy atom. The Bertz CT molecular complexity index is 656. The van der Waals surface area contributed by atoms with Gasteiger partial charge in [-0.2, -0.15) is 0 Å². The lowest BCUT2D eigenvalue weighted by atomic mass is 9.71. The molecule has 4 nitrogen and oxygen atoms in total. The molecule has 2 aliphatic rings. The molecule has 1 aromatic rings. The van der Waals surface area contributed by atoms with Gasteiger partial charge in [-0.1, -0.05) is 15.9 Å². The summed E-state index contributed by atoms with van der Waals surface area (Å²) in [4.78, 5) is 16.2. The van der Waals surface area contributed by atoms with E-state index in [1.165, 1.54) is 6.07 Å². The quantitative estimate of drug-likeness (QED) is 0.617. The molecule has 1 spiro atoms. The van der Waals surface area contributed by atoms with Crippen molar-refractivity contribution in [2.45, 2.75) is 52.1 Å². The van der Waals surface area contributed by atoms with E-state index >= 15 is 0 Å². The number of piperidine rings is 2. The predicted octanol–water partition coefficient (Wildman–Crippen LogP) is 5.21. The average molecular weight is 427 g/mol. The third-order valence-corrected chi connectivity index (χ3v) is 6.04. The van der Waals surface area contributed by atoms with Gasteiger partial charge in [0.15, 0.2) is 0 Å². The van der Waals surface area contributed by atoms with Crippen molar-refractivity contribution in [3.8, 4) is 0 Å². The van der Waals surface area contributed by atoms with Crippen molar-refractivity contribution in [1.29, 1.82) is 0 Å². The number of benzene rings is 1. The maximum absolute atomic E-state index is 14.2. The van der Waals surface area contributed by atoms with Crippen molar-refractivity contribution >= 4 is 27.7 Å². The highest BCUT2D eigenvalue weighted by Crippen LogP contribution is 2.42. The number of anilines is 1. The number of likely N-dealkylation sites (tertiary alicyclic amines) is 1. The first-order valence-corrected chi connectivity index (χ1v) is 10.1. The van der Waals surface area contributed by atoms with Crippen LogP contribution in [0.15, 0.2) is 22.7 Å². The van der Waals surface area contributed by atoms with E-state index in [4.69, 9.17) is 4.74 Å². The zero-order chi connectivity index (χ0) is 18.9. The number of halogens is 2. The molecule has 3 rings (SSSR count). The fourth-order valence-electron chi connectivity index (χ4n) is 3.95. The molecule has 2 fully saturated rings. The van der Waals surface area contributed by atoms with Gasteiger partial charge in [-0.15, -0.1) is 0 Å². The second-order valence-corrected chi connectivity index (χ2v) is 9.47. The number of nitrogens with zero attached hydrogens (tertiary/aromatic N) is 2. The monoisotopic (exact) mass is 426 g/mol. The highest BCUT2D eigenvalue weighted by Gasteiger charge is 2.39. The van der Waals surface area contributed by atoms with Crippen molar-refractivity contribution in [2.75, 3.05) is 31.1 Å². The normalized spacial score (nSPS) is 20.3. The second kappa shape index (κ2) is 7.37. The molecule has 0 N–H and O–H groups in total. The van der Waals surface area contributed by atoms with E-state index in [1.807, 2.05) is 37.8 Å². The molecular formula is C20H28BrFN2O2. The summed E-state index contributed by atoms with van der Waals surface area (Å²) in [5.74, 6) is -0.171. The first-order chi connectivity index (χ1) is 12.2. The first kappa shape index (κ1) is 19.5. The molecule has 0 aromatic heterocycles. The van der Waals surface area contributed by atoms with Gasteiger partial charge in [0.25, 0.3) is 0 Å². The molecular weight excluding hydrogens is 399 g/mol. The minimum Gasteiger partial charge on any atom is -0.444 e. The van der Waals surface area contributed by atoms with Gasteiger partial charge in [0.05, 0.1) is 5.69 Å². The van der Waals surface area contributed by atoms with E-state index in [-0.39, 0.29) is 17.3 Å². The van der Waals surface area contributed by atoms with Crippen molar-refractivity contribution in [2.24, 2.45) is 5.41 Å². The molecule has 6 heteroatoms. The SMILES string of the molecule is CC(C)(C)OC(=O)N1CCC2(CC1)CCN(c1ccc(Br)cc1F)CC2. The van der Waals surface area contributed by atoms with E-state index in [0.717, 1.165) is 56.3 Å². The van der Waals surface area contributed by atoms with Gasteiger partial charge in [0, 0.05) is 30.7 Å². The third kappa shape index (κ3) is 4.51. The lowest BCUT2D eigenvalue weighted by Gasteiger charge is -2.47. The molecule has 0 bridgehead atoms. The van der Waals surface area contributed by atoms with Crippen molar-refractivity contribution in [3.05, 3.63) is 28.5 Å². The van der Waals surface area contributed by atoms with Gasteiger partial charge in [0.1, 0.15) is 11.4 Å². The molecule has 0 unspecified atom stereocenters. The third-order valence-electron chi connectivity index (χ3n) is 5.55. The van der Waals surface area contributed by atoms with Gasteiger partial charge in [-0.05, 0) is 70.1 Å². The molecule has 0 atom stereocenters. The fourth-order valence-corrected chi connectivity index (χ4v) is 4.28. The van der Waals surface area contributed by atoms with E-state index < -0.39 is 5.60 Å². The van der Waals surface area contributed by atoms with Crippen LogP contribution in [-0.4, -0.2) is 42.8 Å². The van der Waals surface area contributed by atoms with Crippen molar-refractivity contribution in [1.82, 2.24) is 4.90 Å². The smallest absolute Gasteiger partial charge is 0.410 e. The second-order valence-electron chi connectivity index (χ2n) is 8.55. The van der Waals surface area contributed by atoms with Crippen molar-refractivity contribution < 1.29 is 13.9 Å². The summed E-state index contributed by atoms with van der Waals surface area (Å²) in [5, 5.41) is 0.